The van der Waals surface area contributed by atoms with Gasteiger partial charge in [-0.05, 0) is 40.5 Å². The minimum Gasteiger partial charge on any atom is -0.455 e. The van der Waals surface area contributed by atoms with Gasteiger partial charge in [0, 0.05) is 0 Å². The van der Waals surface area contributed by atoms with E-state index in [0.29, 0.717) is 11.7 Å². The molecule has 2 rings (SSSR count). The number of esters is 1. The highest BCUT2D eigenvalue weighted by Crippen LogP contribution is 2.29. The second-order valence-corrected chi connectivity index (χ2v) is 6.26. The minimum atomic E-state index is -0.502. The number of ether oxygens (including phenoxy) is 1. The van der Waals surface area contributed by atoms with E-state index >= 15 is 0 Å². The van der Waals surface area contributed by atoms with Crippen LogP contribution in [0.2, 0.25) is 0 Å². The minimum absolute atomic E-state index is 0.348. The smallest absolute Gasteiger partial charge is 0.361 e. The predicted octanol–water partition coefficient (Wildman–Crippen LogP) is 3.05. The molecule has 0 unspecified atom stereocenters. The van der Waals surface area contributed by atoms with Crippen molar-refractivity contribution in [2.24, 2.45) is 0 Å². The maximum Gasteiger partial charge on any atom is 0.361 e. The molecule has 1 aromatic heterocycles. The van der Waals surface area contributed by atoms with E-state index in [-0.39, 0.29) is 5.97 Å². The van der Waals surface area contributed by atoms with Crippen molar-refractivity contribution in [2.45, 2.75) is 71.4 Å². The van der Waals surface area contributed by atoms with Gasteiger partial charge in [0.25, 0.3) is 0 Å². The van der Waals surface area contributed by atoms with Crippen LogP contribution in [0.25, 0.3) is 0 Å². The fourth-order valence-corrected chi connectivity index (χ4v) is 2.53. The average Bonchev–Trinajstić information content (AvgIpc) is 2.70. The normalized spacial score (nSPS) is 17.5. The standard InChI is InChI=1S/C14H23N3O2/c1-10-12(13(18)19-14(2,3)4)15-16-17(10)11-8-6-5-7-9-11/h11H,5-9H2,1-4H3. The zero-order chi connectivity index (χ0) is 14.0. The Bertz CT molecular complexity index is 454. The van der Waals surface area contributed by atoms with E-state index in [2.05, 4.69) is 10.3 Å². The molecule has 106 valence electrons. The quantitative estimate of drug-likeness (QED) is 0.771. The number of hydrogen-bond donors (Lipinski definition) is 0. The van der Waals surface area contributed by atoms with Crippen molar-refractivity contribution >= 4 is 5.97 Å². The Morgan fingerprint density at radius 1 is 1.26 bits per heavy atom. The molecule has 0 atom stereocenters. The van der Waals surface area contributed by atoms with Crippen LogP contribution in [0.5, 0.6) is 0 Å². The molecule has 0 bridgehead atoms. The Morgan fingerprint density at radius 2 is 1.89 bits per heavy atom. The van der Waals surface area contributed by atoms with E-state index in [1.165, 1.54) is 19.3 Å². The molecule has 5 nitrogen and oxygen atoms in total. The average molecular weight is 265 g/mol. The molecule has 1 aliphatic carbocycles. The Kier molecular flexibility index (Phi) is 3.92. The molecule has 1 aliphatic rings. The Labute approximate surface area is 114 Å². The molecule has 1 saturated carbocycles. The highest BCUT2D eigenvalue weighted by atomic mass is 16.6. The van der Waals surface area contributed by atoms with Gasteiger partial charge in [-0.3, -0.25) is 0 Å². The zero-order valence-electron chi connectivity index (χ0n) is 12.3. The third-order valence-electron chi connectivity index (χ3n) is 3.44. The number of carbonyl (C=O) groups is 1. The molecule has 0 aliphatic heterocycles. The molecular weight excluding hydrogens is 242 g/mol. The number of carbonyl (C=O) groups excluding carboxylic acids is 1. The zero-order valence-corrected chi connectivity index (χ0v) is 12.3. The van der Waals surface area contributed by atoms with Gasteiger partial charge in [0.1, 0.15) is 5.60 Å². The summed E-state index contributed by atoms with van der Waals surface area (Å²) < 4.78 is 7.25. The molecule has 0 N–H and O–H groups in total. The van der Waals surface area contributed by atoms with Crippen molar-refractivity contribution in [3.8, 4) is 0 Å². The lowest BCUT2D eigenvalue weighted by molar-refractivity contribution is 0.00618. The maximum absolute atomic E-state index is 12.0. The van der Waals surface area contributed by atoms with Crippen LogP contribution in [0.3, 0.4) is 0 Å². The van der Waals surface area contributed by atoms with Gasteiger partial charge in [-0.1, -0.05) is 24.5 Å². The van der Waals surface area contributed by atoms with Crippen LogP contribution in [0.15, 0.2) is 0 Å². The maximum atomic E-state index is 12.0. The Hall–Kier alpha value is -1.39. The van der Waals surface area contributed by atoms with Gasteiger partial charge < -0.3 is 4.74 Å². The molecule has 0 radical (unpaired) electrons. The molecule has 0 aromatic carbocycles. The van der Waals surface area contributed by atoms with Crippen molar-refractivity contribution < 1.29 is 9.53 Å². The van der Waals surface area contributed by atoms with Crippen molar-refractivity contribution in [2.75, 3.05) is 0 Å². The lowest BCUT2D eigenvalue weighted by Gasteiger charge is -2.22. The Morgan fingerprint density at radius 3 is 2.47 bits per heavy atom. The summed E-state index contributed by atoms with van der Waals surface area (Å²) in [6, 6.07) is 0.387. The van der Waals surface area contributed by atoms with Gasteiger partial charge in [-0.2, -0.15) is 0 Å². The largest absolute Gasteiger partial charge is 0.455 e. The molecule has 0 saturated heterocycles. The first-order valence-corrected chi connectivity index (χ1v) is 7.03. The summed E-state index contributed by atoms with van der Waals surface area (Å²) in [5.41, 5.74) is 0.666. The summed E-state index contributed by atoms with van der Waals surface area (Å²) in [6.07, 6.45) is 6.00. The van der Waals surface area contributed by atoms with Crippen LogP contribution < -0.4 is 0 Å². The summed E-state index contributed by atoms with van der Waals surface area (Å²) in [7, 11) is 0. The van der Waals surface area contributed by atoms with Gasteiger partial charge in [0.05, 0.1) is 11.7 Å². The number of aromatic nitrogens is 3. The monoisotopic (exact) mass is 265 g/mol. The summed E-state index contributed by atoms with van der Waals surface area (Å²) in [5, 5.41) is 8.17. The second kappa shape index (κ2) is 5.31. The van der Waals surface area contributed by atoms with E-state index in [0.717, 1.165) is 18.5 Å². The number of hydrogen-bond acceptors (Lipinski definition) is 4. The van der Waals surface area contributed by atoms with Gasteiger partial charge in [0.15, 0.2) is 5.69 Å². The molecule has 1 heterocycles. The van der Waals surface area contributed by atoms with Crippen LogP contribution in [0.4, 0.5) is 0 Å². The van der Waals surface area contributed by atoms with Crippen LogP contribution in [0, 0.1) is 6.92 Å². The third kappa shape index (κ3) is 3.33. The van der Waals surface area contributed by atoms with Gasteiger partial charge in [-0.25, -0.2) is 9.48 Å². The topological polar surface area (TPSA) is 57.0 Å². The van der Waals surface area contributed by atoms with Crippen molar-refractivity contribution in [3.63, 3.8) is 0 Å². The van der Waals surface area contributed by atoms with Gasteiger partial charge in [-0.15, -0.1) is 5.10 Å². The molecular formula is C14H23N3O2. The van der Waals surface area contributed by atoms with E-state index in [1.807, 2.05) is 32.4 Å². The lowest BCUT2D eigenvalue weighted by atomic mass is 9.95. The molecule has 19 heavy (non-hydrogen) atoms. The first-order chi connectivity index (χ1) is 8.88. The van der Waals surface area contributed by atoms with Crippen molar-refractivity contribution in [1.29, 1.82) is 0 Å². The Balaban J connectivity index is 2.15. The van der Waals surface area contributed by atoms with Crippen LogP contribution in [-0.2, 0) is 4.74 Å². The highest BCUT2D eigenvalue weighted by molar-refractivity contribution is 5.88. The van der Waals surface area contributed by atoms with E-state index in [1.54, 1.807) is 0 Å². The molecule has 0 amide bonds. The van der Waals surface area contributed by atoms with Gasteiger partial charge in [0.2, 0.25) is 0 Å². The van der Waals surface area contributed by atoms with Gasteiger partial charge >= 0.3 is 5.97 Å². The predicted molar refractivity (Wildman–Crippen MR) is 72.0 cm³/mol. The molecule has 0 spiro atoms. The van der Waals surface area contributed by atoms with E-state index in [9.17, 15) is 4.79 Å². The first kappa shape index (κ1) is 14.0. The van der Waals surface area contributed by atoms with Crippen LogP contribution in [-0.4, -0.2) is 26.6 Å². The fourth-order valence-electron chi connectivity index (χ4n) is 2.53. The lowest BCUT2D eigenvalue weighted by Crippen LogP contribution is -2.24. The SMILES string of the molecule is Cc1c(C(=O)OC(C)(C)C)nnn1C1CCCCC1. The molecule has 1 aromatic rings. The molecule has 1 fully saturated rings. The summed E-state index contributed by atoms with van der Waals surface area (Å²) >= 11 is 0. The van der Waals surface area contributed by atoms with Crippen molar-refractivity contribution in [1.82, 2.24) is 15.0 Å². The van der Waals surface area contributed by atoms with E-state index in [4.69, 9.17) is 4.74 Å². The number of rotatable bonds is 2. The van der Waals surface area contributed by atoms with Crippen molar-refractivity contribution in [3.05, 3.63) is 11.4 Å². The third-order valence-corrected chi connectivity index (χ3v) is 3.44. The summed E-state index contributed by atoms with van der Waals surface area (Å²) in [5.74, 6) is -0.382. The highest BCUT2D eigenvalue weighted by Gasteiger charge is 2.26. The van der Waals surface area contributed by atoms with Crippen LogP contribution >= 0.6 is 0 Å². The fraction of sp³-hybridized carbons (Fsp3) is 0.786. The second-order valence-electron chi connectivity index (χ2n) is 6.26. The van der Waals surface area contributed by atoms with E-state index < -0.39 is 5.60 Å². The number of nitrogens with zero attached hydrogens (tertiary/aromatic N) is 3. The summed E-state index contributed by atoms with van der Waals surface area (Å²) in [4.78, 5) is 12.0. The summed E-state index contributed by atoms with van der Waals surface area (Å²) in [6.45, 7) is 7.46. The van der Waals surface area contributed by atoms with Crippen LogP contribution in [0.1, 0.15) is 75.1 Å². The first-order valence-electron chi connectivity index (χ1n) is 7.03. The molecule has 5 heteroatoms.